The predicted octanol–water partition coefficient (Wildman–Crippen LogP) is 2.97. The minimum Gasteiger partial charge on any atom is -0.324 e. The van der Waals surface area contributed by atoms with Crippen molar-refractivity contribution in [2.45, 2.75) is 37.8 Å². The average molecular weight is 295 g/mol. The fourth-order valence-electron chi connectivity index (χ4n) is 2.73. The molecule has 3 rings (SSSR count). The van der Waals surface area contributed by atoms with Crippen LogP contribution in [-0.2, 0) is 4.79 Å². The van der Waals surface area contributed by atoms with Gasteiger partial charge in [-0.2, -0.15) is 0 Å². The van der Waals surface area contributed by atoms with E-state index in [4.69, 9.17) is 0 Å². The van der Waals surface area contributed by atoms with E-state index in [9.17, 15) is 4.79 Å². The summed E-state index contributed by atoms with van der Waals surface area (Å²) in [5.41, 5.74) is 2.00. The first-order valence-electron chi connectivity index (χ1n) is 6.10. The van der Waals surface area contributed by atoms with E-state index in [1.165, 1.54) is 25.7 Å². The molecule has 1 heterocycles. The summed E-state index contributed by atoms with van der Waals surface area (Å²) in [5.74, 6) is 0.0741. The van der Waals surface area contributed by atoms with E-state index in [0.717, 1.165) is 15.7 Å². The number of benzene rings is 1. The summed E-state index contributed by atoms with van der Waals surface area (Å²) in [6.45, 7) is 0. The lowest BCUT2D eigenvalue weighted by molar-refractivity contribution is -0.117. The highest BCUT2D eigenvalue weighted by molar-refractivity contribution is 9.10. The second-order valence-electron chi connectivity index (χ2n) is 4.80. The molecule has 0 bridgehead atoms. The summed E-state index contributed by atoms with van der Waals surface area (Å²) in [6, 6.07) is 6.30. The molecule has 90 valence electrons. The van der Waals surface area contributed by atoms with Crippen LogP contribution < -0.4 is 10.6 Å². The topological polar surface area (TPSA) is 41.1 Å². The Kier molecular flexibility index (Phi) is 2.92. The average Bonchev–Trinajstić information content (AvgIpc) is 2.88. The van der Waals surface area contributed by atoms with Crippen molar-refractivity contribution in [1.29, 1.82) is 0 Å². The largest absolute Gasteiger partial charge is 0.324 e. The first-order valence-corrected chi connectivity index (χ1v) is 6.90. The van der Waals surface area contributed by atoms with Gasteiger partial charge in [0.05, 0.1) is 0 Å². The lowest BCUT2D eigenvalue weighted by Crippen LogP contribution is -2.34. The Morgan fingerprint density at radius 1 is 1.29 bits per heavy atom. The number of carbonyl (C=O) groups is 1. The maximum atomic E-state index is 11.9. The Bertz CT molecular complexity index is 455. The number of hydrogen-bond acceptors (Lipinski definition) is 2. The van der Waals surface area contributed by atoms with Crippen LogP contribution in [0.25, 0.3) is 0 Å². The SMILES string of the molecule is O=C1Nc2cc(Br)ccc2C1NC1CCCC1. The number of carbonyl (C=O) groups excluding carboxylic acids is 1. The summed E-state index contributed by atoms with van der Waals surface area (Å²) >= 11 is 3.42. The van der Waals surface area contributed by atoms with E-state index in [-0.39, 0.29) is 11.9 Å². The standard InChI is InChI=1S/C13H15BrN2O/c14-8-5-6-10-11(7-8)16-13(17)12(10)15-9-3-1-2-4-9/h5-7,9,12,15H,1-4H2,(H,16,17). The van der Waals surface area contributed by atoms with E-state index in [1.54, 1.807) is 0 Å². The third kappa shape index (κ3) is 2.11. The normalized spacial score (nSPS) is 23.8. The monoisotopic (exact) mass is 294 g/mol. The molecule has 1 aromatic rings. The molecule has 3 nitrogen and oxygen atoms in total. The van der Waals surface area contributed by atoms with Crippen LogP contribution in [0.3, 0.4) is 0 Å². The van der Waals surface area contributed by atoms with Gasteiger partial charge in [-0.25, -0.2) is 0 Å². The van der Waals surface area contributed by atoms with E-state index in [1.807, 2.05) is 18.2 Å². The van der Waals surface area contributed by atoms with Crippen molar-refractivity contribution < 1.29 is 4.79 Å². The molecule has 2 N–H and O–H groups in total. The minimum atomic E-state index is -0.166. The van der Waals surface area contributed by atoms with E-state index in [0.29, 0.717) is 6.04 Å². The molecule has 1 atom stereocenters. The maximum Gasteiger partial charge on any atom is 0.246 e. The molecule has 4 heteroatoms. The zero-order valence-corrected chi connectivity index (χ0v) is 11.1. The van der Waals surface area contributed by atoms with E-state index >= 15 is 0 Å². The number of halogens is 1. The Hall–Kier alpha value is -0.870. The van der Waals surface area contributed by atoms with Gasteiger partial charge < -0.3 is 5.32 Å². The fraction of sp³-hybridized carbons (Fsp3) is 0.462. The fourth-order valence-corrected chi connectivity index (χ4v) is 3.09. The van der Waals surface area contributed by atoms with Crippen molar-refractivity contribution in [3.8, 4) is 0 Å². The smallest absolute Gasteiger partial charge is 0.246 e. The third-order valence-corrected chi connectivity index (χ3v) is 4.10. The minimum absolute atomic E-state index is 0.0741. The highest BCUT2D eigenvalue weighted by Gasteiger charge is 2.32. The number of rotatable bonds is 2. The summed E-state index contributed by atoms with van der Waals surface area (Å²) in [6.07, 6.45) is 4.93. The first kappa shape index (κ1) is 11.2. The Morgan fingerprint density at radius 2 is 2.06 bits per heavy atom. The quantitative estimate of drug-likeness (QED) is 0.880. The Balaban J connectivity index is 1.83. The van der Waals surface area contributed by atoms with Gasteiger partial charge >= 0.3 is 0 Å². The lowest BCUT2D eigenvalue weighted by atomic mass is 10.1. The van der Waals surface area contributed by atoms with Crippen molar-refractivity contribution >= 4 is 27.5 Å². The molecule has 1 aliphatic heterocycles. The van der Waals surface area contributed by atoms with Crippen molar-refractivity contribution in [3.05, 3.63) is 28.2 Å². The van der Waals surface area contributed by atoms with Crippen LogP contribution in [0.2, 0.25) is 0 Å². The zero-order valence-electron chi connectivity index (χ0n) is 9.50. The number of hydrogen-bond donors (Lipinski definition) is 2. The molecule has 2 aliphatic rings. The van der Waals surface area contributed by atoms with Gasteiger partial charge in [0, 0.05) is 21.8 Å². The molecular weight excluding hydrogens is 280 g/mol. The van der Waals surface area contributed by atoms with Gasteiger partial charge in [0.15, 0.2) is 0 Å². The summed E-state index contributed by atoms with van der Waals surface area (Å²) in [4.78, 5) is 11.9. The molecule has 1 unspecified atom stereocenters. The molecular formula is C13H15BrN2O. The molecule has 17 heavy (non-hydrogen) atoms. The van der Waals surface area contributed by atoms with Crippen LogP contribution >= 0.6 is 15.9 Å². The highest BCUT2D eigenvalue weighted by Crippen LogP contribution is 2.34. The maximum absolute atomic E-state index is 11.9. The van der Waals surface area contributed by atoms with Crippen molar-refractivity contribution in [2.75, 3.05) is 5.32 Å². The van der Waals surface area contributed by atoms with Gasteiger partial charge in [0.1, 0.15) is 6.04 Å². The second kappa shape index (κ2) is 4.42. The van der Waals surface area contributed by atoms with Crippen LogP contribution in [0.4, 0.5) is 5.69 Å². The molecule has 1 fully saturated rings. The van der Waals surface area contributed by atoms with E-state index in [2.05, 4.69) is 26.6 Å². The number of amides is 1. The molecule has 1 aliphatic carbocycles. The first-order chi connectivity index (χ1) is 8.24. The van der Waals surface area contributed by atoms with Crippen LogP contribution in [0.15, 0.2) is 22.7 Å². The number of fused-ring (bicyclic) bond motifs is 1. The van der Waals surface area contributed by atoms with Crippen molar-refractivity contribution in [2.24, 2.45) is 0 Å². The Labute approximate surface area is 109 Å². The predicted molar refractivity (Wildman–Crippen MR) is 70.9 cm³/mol. The molecule has 0 saturated heterocycles. The second-order valence-corrected chi connectivity index (χ2v) is 5.72. The summed E-state index contributed by atoms with van der Waals surface area (Å²) in [7, 11) is 0. The van der Waals surface area contributed by atoms with Gasteiger partial charge in [-0.1, -0.05) is 34.8 Å². The highest BCUT2D eigenvalue weighted by atomic mass is 79.9. The molecule has 1 saturated carbocycles. The van der Waals surface area contributed by atoms with Crippen molar-refractivity contribution in [3.63, 3.8) is 0 Å². The zero-order chi connectivity index (χ0) is 11.8. The van der Waals surface area contributed by atoms with E-state index < -0.39 is 0 Å². The lowest BCUT2D eigenvalue weighted by Gasteiger charge is -2.17. The summed E-state index contributed by atoms with van der Waals surface area (Å²) < 4.78 is 0.998. The Morgan fingerprint density at radius 3 is 2.82 bits per heavy atom. The molecule has 1 aromatic carbocycles. The van der Waals surface area contributed by atoms with Gasteiger partial charge in [0.2, 0.25) is 5.91 Å². The number of nitrogens with one attached hydrogen (secondary N) is 2. The van der Waals surface area contributed by atoms with Crippen LogP contribution in [0.1, 0.15) is 37.3 Å². The van der Waals surface area contributed by atoms with Crippen LogP contribution in [0, 0.1) is 0 Å². The van der Waals surface area contributed by atoms with Crippen LogP contribution in [0.5, 0.6) is 0 Å². The number of anilines is 1. The molecule has 0 radical (unpaired) electrons. The van der Waals surface area contributed by atoms with Gasteiger partial charge in [0.25, 0.3) is 0 Å². The van der Waals surface area contributed by atoms with Gasteiger partial charge in [-0.3, -0.25) is 10.1 Å². The van der Waals surface area contributed by atoms with Gasteiger partial charge in [-0.15, -0.1) is 0 Å². The molecule has 0 aromatic heterocycles. The molecule has 0 spiro atoms. The summed E-state index contributed by atoms with van der Waals surface area (Å²) in [5, 5.41) is 6.41. The molecule has 1 amide bonds. The third-order valence-electron chi connectivity index (χ3n) is 3.60. The van der Waals surface area contributed by atoms with Crippen molar-refractivity contribution in [1.82, 2.24) is 5.32 Å². The van der Waals surface area contributed by atoms with Gasteiger partial charge in [-0.05, 0) is 25.0 Å². The van der Waals surface area contributed by atoms with Crippen LogP contribution in [-0.4, -0.2) is 11.9 Å².